The molecule has 0 amide bonds. The molecular weight excluding hydrogens is 158 g/mol. The summed E-state index contributed by atoms with van der Waals surface area (Å²) in [5.74, 6) is -0.497. The molecule has 2 atom stereocenters. The molecular formula is C8H14BFO2. The highest BCUT2D eigenvalue weighted by Gasteiger charge is 2.27. The van der Waals surface area contributed by atoms with E-state index in [1.165, 1.54) is 14.0 Å². The summed E-state index contributed by atoms with van der Waals surface area (Å²) < 4.78 is 16.9. The van der Waals surface area contributed by atoms with Crippen LogP contribution in [0.4, 0.5) is 4.39 Å². The van der Waals surface area contributed by atoms with Gasteiger partial charge in [-0.25, -0.2) is 4.39 Å². The Bertz CT molecular complexity index is 157. The van der Waals surface area contributed by atoms with Crippen molar-refractivity contribution in [3.8, 4) is 0 Å². The van der Waals surface area contributed by atoms with E-state index in [1.807, 2.05) is 0 Å². The SMILES string of the molecule is [B]C(C)(CCC(C)F)C(=O)OC. The second-order valence-corrected chi connectivity index (χ2v) is 3.23. The van der Waals surface area contributed by atoms with Crippen LogP contribution in [0.3, 0.4) is 0 Å². The molecule has 68 valence electrons. The van der Waals surface area contributed by atoms with Gasteiger partial charge in [-0.15, -0.1) is 0 Å². The number of halogens is 1. The second-order valence-electron chi connectivity index (χ2n) is 3.23. The standard InChI is InChI=1S/C8H14BFO2/c1-6(10)4-5-8(2,9)7(11)12-3/h6H,4-5H2,1-3H3. The van der Waals surface area contributed by atoms with Gasteiger partial charge in [0.1, 0.15) is 0 Å². The molecule has 0 N–H and O–H groups in total. The largest absolute Gasteiger partial charge is 0.469 e. The Balaban J connectivity index is 3.95. The molecule has 0 rings (SSSR count). The number of carbonyl (C=O) groups excluding carboxylic acids is 1. The van der Waals surface area contributed by atoms with Crippen LogP contribution in [-0.4, -0.2) is 27.1 Å². The second kappa shape index (κ2) is 4.48. The maximum absolute atomic E-state index is 12.4. The lowest BCUT2D eigenvalue weighted by atomic mass is 9.67. The quantitative estimate of drug-likeness (QED) is 0.476. The maximum atomic E-state index is 12.4. The van der Waals surface area contributed by atoms with Crippen molar-refractivity contribution in [3.05, 3.63) is 0 Å². The van der Waals surface area contributed by atoms with Gasteiger partial charge in [0, 0.05) is 5.31 Å². The zero-order valence-corrected chi connectivity index (χ0v) is 7.76. The molecule has 0 aliphatic heterocycles. The summed E-state index contributed by atoms with van der Waals surface area (Å²) in [5, 5.41) is -1.06. The third kappa shape index (κ3) is 3.74. The molecule has 0 saturated carbocycles. The zero-order chi connectivity index (χ0) is 9.78. The van der Waals surface area contributed by atoms with Gasteiger partial charge in [-0.2, -0.15) is 0 Å². The summed E-state index contributed by atoms with van der Waals surface area (Å²) in [7, 11) is 6.85. The minimum Gasteiger partial charge on any atom is -0.469 e. The Hall–Kier alpha value is -0.535. The fourth-order valence-corrected chi connectivity index (χ4v) is 0.834. The van der Waals surface area contributed by atoms with Crippen molar-refractivity contribution < 1.29 is 13.9 Å². The van der Waals surface area contributed by atoms with Gasteiger partial charge in [0.05, 0.1) is 21.1 Å². The highest BCUT2D eigenvalue weighted by molar-refractivity contribution is 6.26. The van der Waals surface area contributed by atoms with Crippen molar-refractivity contribution in [1.82, 2.24) is 0 Å². The molecule has 12 heavy (non-hydrogen) atoms. The number of ether oxygens (including phenoxy) is 1. The lowest BCUT2D eigenvalue weighted by molar-refractivity contribution is -0.144. The van der Waals surface area contributed by atoms with Gasteiger partial charge in [0.15, 0.2) is 0 Å². The smallest absolute Gasteiger partial charge is 0.302 e. The van der Waals surface area contributed by atoms with E-state index in [-0.39, 0.29) is 6.42 Å². The molecule has 0 aliphatic carbocycles. The van der Waals surface area contributed by atoms with E-state index in [2.05, 4.69) is 4.74 Å². The predicted molar refractivity (Wildman–Crippen MR) is 45.9 cm³/mol. The molecule has 0 aliphatic rings. The maximum Gasteiger partial charge on any atom is 0.302 e. The van der Waals surface area contributed by atoms with Crippen LogP contribution >= 0.6 is 0 Å². The summed E-state index contributed by atoms with van der Waals surface area (Å²) in [6.07, 6.45) is -0.350. The molecule has 0 spiro atoms. The average molecular weight is 172 g/mol. The van der Waals surface area contributed by atoms with Gasteiger partial charge in [-0.1, -0.05) is 6.92 Å². The molecule has 0 saturated heterocycles. The van der Waals surface area contributed by atoms with Crippen LogP contribution in [0.25, 0.3) is 0 Å². The van der Waals surface area contributed by atoms with Crippen LogP contribution in [0.1, 0.15) is 26.7 Å². The van der Waals surface area contributed by atoms with Crippen molar-refractivity contribution in [2.24, 2.45) is 0 Å². The van der Waals surface area contributed by atoms with Crippen molar-refractivity contribution in [2.75, 3.05) is 7.11 Å². The number of esters is 1. The van der Waals surface area contributed by atoms with Crippen LogP contribution in [0.5, 0.6) is 0 Å². The number of rotatable bonds is 4. The van der Waals surface area contributed by atoms with Crippen LogP contribution in [0.2, 0.25) is 5.31 Å². The van der Waals surface area contributed by atoms with Crippen molar-refractivity contribution in [3.63, 3.8) is 0 Å². The molecule has 0 aromatic heterocycles. The van der Waals surface area contributed by atoms with Gasteiger partial charge >= 0.3 is 5.97 Å². The minimum atomic E-state index is -1.06. The van der Waals surface area contributed by atoms with Crippen molar-refractivity contribution in [2.45, 2.75) is 38.2 Å². The summed E-state index contributed by atoms with van der Waals surface area (Å²) >= 11 is 0. The fourth-order valence-electron chi connectivity index (χ4n) is 0.834. The van der Waals surface area contributed by atoms with Crippen molar-refractivity contribution in [1.29, 1.82) is 0 Å². The van der Waals surface area contributed by atoms with E-state index >= 15 is 0 Å². The Morgan fingerprint density at radius 3 is 2.58 bits per heavy atom. The minimum absolute atomic E-state index is 0.280. The Morgan fingerprint density at radius 1 is 1.75 bits per heavy atom. The Labute approximate surface area is 73.9 Å². The predicted octanol–water partition coefficient (Wildman–Crippen LogP) is 1.64. The number of carbonyl (C=O) groups is 1. The molecule has 0 bridgehead atoms. The summed E-state index contributed by atoms with van der Waals surface area (Å²) in [6.45, 7) is 2.98. The Morgan fingerprint density at radius 2 is 2.25 bits per heavy atom. The zero-order valence-electron chi connectivity index (χ0n) is 7.76. The number of hydrogen-bond acceptors (Lipinski definition) is 2. The van der Waals surface area contributed by atoms with E-state index in [0.29, 0.717) is 6.42 Å². The van der Waals surface area contributed by atoms with Gasteiger partial charge in [-0.3, -0.25) is 4.79 Å². The number of hydrogen-bond donors (Lipinski definition) is 0. The van der Waals surface area contributed by atoms with Gasteiger partial charge in [0.25, 0.3) is 0 Å². The lowest BCUT2D eigenvalue weighted by Crippen LogP contribution is -2.23. The first-order valence-corrected chi connectivity index (χ1v) is 3.91. The van der Waals surface area contributed by atoms with Crippen molar-refractivity contribution >= 4 is 13.8 Å². The third-order valence-corrected chi connectivity index (χ3v) is 1.71. The number of methoxy groups -OCH3 is 1. The molecule has 0 aromatic carbocycles. The molecule has 2 nitrogen and oxygen atoms in total. The fraction of sp³-hybridized carbons (Fsp3) is 0.875. The summed E-state index contributed by atoms with van der Waals surface area (Å²) in [5.41, 5.74) is 0. The molecule has 0 fully saturated rings. The summed E-state index contributed by atoms with van der Waals surface area (Å²) in [4.78, 5) is 11.0. The first kappa shape index (κ1) is 11.5. The lowest BCUT2D eigenvalue weighted by Gasteiger charge is -2.21. The topological polar surface area (TPSA) is 26.3 Å². The Kier molecular flexibility index (Phi) is 4.28. The summed E-state index contributed by atoms with van der Waals surface area (Å²) in [6, 6.07) is 0. The van der Waals surface area contributed by atoms with Crippen LogP contribution in [0, 0.1) is 0 Å². The van der Waals surface area contributed by atoms with Crippen LogP contribution < -0.4 is 0 Å². The first-order chi connectivity index (χ1) is 5.40. The molecule has 2 radical (unpaired) electrons. The molecule has 0 heterocycles. The van der Waals surface area contributed by atoms with Crippen LogP contribution in [0.15, 0.2) is 0 Å². The van der Waals surface area contributed by atoms with Gasteiger partial charge < -0.3 is 4.74 Å². The highest BCUT2D eigenvalue weighted by Crippen LogP contribution is 2.29. The third-order valence-electron chi connectivity index (χ3n) is 1.71. The molecule has 0 aromatic rings. The van der Waals surface area contributed by atoms with E-state index in [4.69, 9.17) is 7.85 Å². The average Bonchev–Trinajstić information content (AvgIpc) is 1.99. The molecule has 2 unspecified atom stereocenters. The van der Waals surface area contributed by atoms with E-state index < -0.39 is 17.5 Å². The first-order valence-electron chi connectivity index (χ1n) is 3.91. The van der Waals surface area contributed by atoms with E-state index in [0.717, 1.165) is 0 Å². The van der Waals surface area contributed by atoms with Gasteiger partial charge in [-0.05, 0) is 19.8 Å². The monoisotopic (exact) mass is 172 g/mol. The highest BCUT2D eigenvalue weighted by atomic mass is 19.1. The number of alkyl halides is 1. The van der Waals surface area contributed by atoms with Crippen LogP contribution in [-0.2, 0) is 9.53 Å². The normalized spacial score (nSPS) is 18.0. The van der Waals surface area contributed by atoms with E-state index in [9.17, 15) is 9.18 Å². The van der Waals surface area contributed by atoms with E-state index in [1.54, 1.807) is 6.92 Å². The van der Waals surface area contributed by atoms with Gasteiger partial charge in [0.2, 0.25) is 0 Å². The molecule has 4 heteroatoms.